The molecular weight excluding hydrogens is 432 g/mol. The van der Waals surface area contributed by atoms with Crippen molar-refractivity contribution < 1.29 is 28.5 Å². The minimum absolute atomic E-state index is 0.140. The van der Waals surface area contributed by atoms with Crippen LogP contribution in [0.25, 0.3) is 11.6 Å². The predicted molar refractivity (Wildman–Crippen MR) is 131 cm³/mol. The van der Waals surface area contributed by atoms with Gasteiger partial charge >= 0.3 is 5.97 Å². The van der Waals surface area contributed by atoms with E-state index in [0.717, 1.165) is 16.9 Å². The van der Waals surface area contributed by atoms with Crippen LogP contribution in [-0.2, 0) is 20.9 Å². The van der Waals surface area contributed by atoms with E-state index in [0.29, 0.717) is 16.9 Å². The van der Waals surface area contributed by atoms with Gasteiger partial charge < -0.3 is 18.9 Å². The average molecular weight is 459 g/mol. The van der Waals surface area contributed by atoms with Gasteiger partial charge in [-0.15, -0.1) is 0 Å². The number of hydrogen-bond donors (Lipinski definition) is 0. The van der Waals surface area contributed by atoms with Crippen molar-refractivity contribution in [3.63, 3.8) is 0 Å². The average Bonchev–Trinajstić information content (AvgIpc) is 2.89. The van der Waals surface area contributed by atoms with Crippen LogP contribution in [-0.4, -0.2) is 33.1 Å². The fourth-order valence-corrected chi connectivity index (χ4v) is 3.29. The van der Waals surface area contributed by atoms with E-state index in [1.807, 2.05) is 42.5 Å². The maximum absolute atomic E-state index is 12.9. The molecule has 0 aliphatic rings. The standard InChI is InChI=1S/C28H26O6/c1-31-19-25(28(30)33-3)23-9-5-4-8-21(23)18-34-27-11-7-6-10-24(27)26(29)17-14-20-12-15-22(32-2)16-13-20/h4-17,19H,18H2,1-3H3/b17-14+,25-19+. The molecule has 0 aliphatic heterocycles. The molecule has 0 radical (unpaired) electrons. The van der Waals surface area contributed by atoms with E-state index in [1.54, 1.807) is 43.5 Å². The molecule has 0 atom stereocenters. The monoisotopic (exact) mass is 458 g/mol. The van der Waals surface area contributed by atoms with Crippen LogP contribution in [0.2, 0.25) is 0 Å². The Hall–Kier alpha value is -4.32. The number of methoxy groups -OCH3 is 3. The Bertz CT molecular complexity index is 1190. The lowest BCUT2D eigenvalue weighted by Gasteiger charge is -2.14. The van der Waals surface area contributed by atoms with Gasteiger partial charge in [0.2, 0.25) is 0 Å². The molecule has 3 rings (SSSR count). The maximum Gasteiger partial charge on any atom is 0.341 e. The van der Waals surface area contributed by atoms with E-state index < -0.39 is 5.97 Å². The summed E-state index contributed by atoms with van der Waals surface area (Å²) < 4.78 is 21.1. The van der Waals surface area contributed by atoms with Crippen LogP contribution in [0.3, 0.4) is 0 Å². The van der Waals surface area contributed by atoms with Gasteiger partial charge in [0, 0.05) is 0 Å². The second kappa shape index (κ2) is 12.1. The summed E-state index contributed by atoms with van der Waals surface area (Å²) in [6.45, 7) is 0.140. The smallest absolute Gasteiger partial charge is 0.341 e. The summed E-state index contributed by atoms with van der Waals surface area (Å²) in [6.07, 6.45) is 4.59. The molecule has 0 spiro atoms. The molecule has 6 heteroatoms. The summed E-state index contributed by atoms with van der Waals surface area (Å²) >= 11 is 0. The fourth-order valence-electron chi connectivity index (χ4n) is 3.29. The number of allylic oxidation sites excluding steroid dienone is 1. The second-order valence-electron chi connectivity index (χ2n) is 7.17. The number of esters is 1. The van der Waals surface area contributed by atoms with Crippen molar-refractivity contribution >= 4 is 23.4 Å². The van der Waals surface area contributed by atoms with Gasteiger partial charge in [0.05, 0.1) is 33.2 Å². The summed E-state index contributed by atoms with van der Waals surface area (Å²) in [6, 6.07) is 21.7. The number of ether oxygens (including phenoxy) is 4. The maximum atomic E-state index is 12.9. The number of para-hydroxylation sites is 1. The highest BCUT2D eigenvalue weighted by Crippen LogP contribution is 2.25. The molecule has 0 bridgehead atoms. The number of benzene rings is 3. The predicted octanol–water partition coefficient (Wildman–Crippen LogP) is 5.33. The van der Waals surface area contributed by atoms with Gasteiger partial charge in [-0.3, -0.25) is 4.79 Å². The summed E-state index contributed by atoms with van der Waals surface area (Å²) in [5, 5.41) is 0. The lowest BCUT2D eigenvalue weighted by Crippen LogP contribution is -2.09. The molecule has 0 heterocycles. The van der Waals surface area contributed by atoms with E-state index in [-0.39, 0.29) is 18.0 Å². The number of ketones is 1. The lowest BCUT2D eigenvalue weighted by molar-refractivity contribution is -0.133. The van der Waals surface area contributed by atoms with Crippen molar-refractivity contribution in [3.05, 3.63) is 107 Å². The second-order valence-corrected chi connectivity index (χ2v) is 7.17. The Morgan fingerprint density at radius 3 is 2.18 bits per heavy atom. The largest absolute Gasteiger partial charge is 0.503 e. The summed E-state index contributed by atoms with van der Waals surface area (Å²) in [4.78, 5) is 25.1. The van der Waals surface area contributed by atoms with Gasteiger partial charge in [0.25, 0.3) is 0 Å². The zero-order chi connectivity index (χ0) is 24.3. The van der Waals surface area contributed by atoms with Crippen LogP contribution in [0.1, 0.15) is 27.0 Å². The first-order valence-electron chi connectivity index (χ1n) is 10.5. The Labute approximate surface area is 199 Å². The quantitative estimate of drug-likeness (QED) is 0.177. The van der Waals surface area contributed by atoms with Gasteiger partial charge in [-0.25, -0.2) is 4.79 Å². The Balaban J connectivity index is 1.80. The van der Waals surface area contributed by atoms with E-state index in [9.17, 15) is 9.59 Å². The highest BCUT2D eigenvalue weighted by atomic mass is 16.5. The van der Waals surface area contributed by atoms with Gasteiger partial charge in [0.15, 0.2) is 5.78 Å². The van der Waals surface area contributed by atoms with E-state index in [4.69, 9.17) is 18.9 Å². The molecule has 0 N–H and O–H groups in total. The normalized spacial score (nSPS) is 11.2. The number of rotatable bonds is 10. The third kappa shape index (κ3) is 6.13. The number of carbonyl (C=O) groups is 2. The van der Waals surface area contributed by atoms with E-state index in [2.05, 4.69) is 0 Å². The molecule has 0 amide bonds. The first-order valence-corrected chi connectivity index (χ1v) is 10.5. The molecular formula is C28H26O6. The van der Waals surface area contributed by atoms with Crippen molar-refractivity contribution in [1.29, 1.82) is 0 Å². The van der Waals surface area contributed by atoms with Gasteiger partial charge in [0.1, 0.15) is 23.7 Å². The summed E-state index contributed by atoms with van der Waals surface area (Å²) in [5.41, 5.74) is 2.95. The molecule has 3 aromatic carbocycles. The molecule has 0 aliphatic carbocycles. The van der Waals surface area contributed by atoms with E-state index in [1.165, 1.54) is 26.6 Å². The number of carbonyl (C=O) groups excluding carboxylic acids is 2. The zero-order valence-corrected chi connectivity index (χ0v) is 19.3. The van der Waals surface area contributed by atoms with Gasteiger partial charge in [-0.05, 0) is 47.0 Å². The Morgan fingerprint density at radius 2 is 1.50 bits per heavy atom. The third-order valence-electron chi connectivity index (χ3n) is 5.03. The van der Waals surface area contributed by atoms with Crippen molar-refractivity contribution in [2.45, 2.75) is 6.61 Å². The third-order valence-corrected chi connectivity index (χ3v) is 5.03. The Morgan fingerprint density at radius 1 is 0.824 bits per heavy atom. The zero-order valence-electron chi connectivity index (χ0n) is 19.3. The molecule has 6 nitrogen and oxygen atoms in total. The van der Waals surface area contributed by atoms with Crippen molar-refractivity contribution in [3.8, 4) is 11.5 Å². The highest BCUT2D eigenvalue weighted by molar-refractivity contribution is 6.16. The van der Waals surface area contributed by atoms with Crippen LogP contribution < -0.4 is 9.47 Å². The van der Waals surface area contributed by atoms with Crippen molar-refractivity contribution in [2.24, 2.45) is 0 Å². The fraction of sp³-hybridized carbons (Fsp3) is 0.143. The van der Waals surface area contributed by atoms with Gasteiger partial charge in [-0.1, -0.05) is 54.6 Å². The van der Waals surface area contributed by atoms with Crippen LogP contribution >= 0.6 is 0 Å². The molecule has 3 aromatic rings. The molecule has 0 saturated heterocycles. The minimum Gasteiger partial charge on any atom is -0.503 e. The molecule has 0 unspecified atom stereocenters. The van der Waals surface area contributed by atoms with Crippen LogP contribution in [0, 0.1) is 0 Å². The van der Waals surface area contributed by atoms with Crippen molar-refractivity contribution in [2.75, 3.05) is 21.3 Å². The number of hydrogen-bond acceptors (Lipinski definition) is 6. The Kier molecular flexibility index (Phi) is 8.63. The molecule has 174 valence electrons. The molecule has 0 aromatic heterocycles. The van der Waals surface area contributed by atoms with Crippen LogP contribution in [0.5, 0.6) is 11.5 Å². The topological polar surface area (TPSA) is 71.1 Å². The van der Waals surface area contributed by atoms with Crippen molar-refractivity contribution in [1.82, 2.24) is 0 Å². The molecule has 0 saturated carbocycles. The molecule has 0 fully saturated rings. The summed E-state index contributed by atoms with van der Waals surface area (Å²) in [5.74, 6) is 0.484. The first-order chi connectivity index (χ1) is 16.6. The highest BCUT2D eigenvalue weighted by Gasteiger charge is 2.17. The van der Waals surface area contributed by atoms with Crippen LogP contribution in [0.4, 0.5) is 0 Å². The minimum atomic E-state index is -0.520. The van der Waals surface area contributed by atoms with Crippen LogP contribution in [0.15, 0.2) is 85.1 Å². The SMILES string of the molecule is CO/C=C(/C(=O)OC)c1ccccc1COc1ccccc1C(=O)/C=C/c1ccc(OC)cc1. The lowest BCUT2D eigenvalue weighted by atomic mass is 10.0. The summed E-state index contributed by atoms with van der Waals surface area (Å²) in [7, 11) is 4.38. The first kappa shape index (κ1) is 24.3. The van der Waals surface area contributed by atoms with E-state index >= 15 is 0 Å². The molecule has 34 heavy (non-hydrogen) atoms. The van der Waals surface area contributed by atoms with Gasteiger partial charge in [-0.2, -0.15) is 0 Å².